The number of nitrogens with zero attached hydrogens (tertiary/aromatic N) is 3. The van der Waals surface area contributed by atoms with Crippen LogP contribution in [-0.2, 0) is 0 Å². The van der Waals surface area contributed by atoms with Gasteiger partial charge in [0.15, 0.2) is 0 Å². The van der Waals surface area contributed by atoms with E-state index in [1.54, 1.807) is 11.9 Å². The van der Waals surface area contributed by atoms with Crippen molar-refractivity contribution in [3.8, 4) is 0 Å². The second-order valence-corrected chi connectivity index (χ2v) is 7.16. The van der Waals surface area contributed by atoms with E-state index in [0.717, 1.165) is 47.5 Å². The van der Waals surface area contributed by atoms with E-state index < -0.39 is 0 Å². The molecule has 0 amide bonds. The normalized spacial score (nSPS) is 15.6. The number of hydrogen-bond donors (Lipinski definition) is 2. The predicted molar refractivity (Wildman–Crippen MR) is 110 cm³/mol. The molecule has 5 nitrogen and oxygen atoms in total. The summed E-state index contributed by atoms with van der Waals surface area (Å²) in [6, 6.07) is 6.49. The monoisotopic (exact) mass is 351 g/mol. The number of nitrogens with one attached hydrogen (secondary N) is 2. The van der Waals surface area contributed by atoms with Gasteiger partial charge in [-0.15, -0.1) is 0 Å². The maximum atomic E-state index is 4.51. The van der Waals surface area contributed by atoms with Crippen LogP contribution in [0, 0.1) is 0 Å². The summed E-state index contributed by atoms with van der Waals surface area (Å²) in [7, 11) is 4.00. The first kappa shape index (κ1) is 18.4. The standard InChI is InChI=1S/C21H29N5/c1-15(8-9-17-10-12-22-13-11-17)25-21-19-7-5-6-18(16(2)26(3)4)20(19)23-14-24-21/h5-7,9,14-15,22H,2,8,10-13H2,1,3-4H3,(H,23,24,25)/t15-/m0/s1. The number of piperidine rings is 1. The van der Waals surface area contributed by atoms with Crippen LogP contribution in [0.4, 0.5) is 5.82 Å². The summed E-state index contributed by atoms with van der Waals surface area (Å²) in [6.45, 7) is 8.58. The van der Waals surface area contributed by atoms with Gasteiger partial charge < -0.3 is 15.5 Å². The molecule has 3 rings (SSSR count). The van der Waals surface area contributed by atoms with Gasteiger partial charge >= 0.3 is 0 Å². The predicted octanol–water partition coefficient (Wildman–Crippen LogP) is 3.66. The van der Waals surface area contributed by atoms with Crippen LogP contribution in [0.2, 0.25) is 0 Å². The van der Waals surface area contributed by atoms with Gasteiger partial charge in [0, 0.05) is 36.8 Å². The Morgan fingerprint density at radius 1 is 1.31 bits per heavy atom. The number of para-hydroxylation sites is 1. The van der Waals surface area contributed by atoms with Crippen molar-refractivity contribution < 1.29 is 0 Å². The molecular formula is C21H29N5. The molecule has 1 aliphatic heterocycles. The smallest absolute Gasteiger partial charge is 0.137 e. The Labute approximate surface area is 156 Å². The van der Waals surface area contributed by atoms with Gasteiger partial charge in [0.1, 0.15) is 12.1 Å². The lowest BCUT2D eigenvalue weighted by Crippen LogP contribution is -2.23. The summed E-state index contributed by atoms with van der Waals surface area (Å²) in [5, 5.41) is 8.00. The molecule has 1 fully saturated rings. The molecule has 138 valence electrons. The van der Waals surface area contributed by atoms with Gasteiger partial charge in [0.25, 0.3) is 0 Å². The van der Waals surface area contributed by atoms with E-state index in [4.69, 9.17) is 0 Å². The quantitative estimate of drug-likeness (QED) is 0.778. The average molecular weight is 351 g/mol. The summed E-state index contributed by atoms with van der Waals surface area (Å²) in [6.07, 6.45) is 7.36. The Morgan fingerprint density at radius 2 is 2.08 bits per heavy atom. The molecule has 0 saturated carbocycles. The van der Waals surface area contributed by atoms with E-state index in [2.05, 4.69) is 52.3 Å². The van der Waals surface area contributed by atoms with Crippen molar-refractivity contribution in [2.24, 2.45) is 0 Å². The topological polar surface area (TPSA) is 53.1 Å². The second kappa shape index (κ2) is 8.32. The number of rotatable bonds is 6. The first-order valence-corrected chi connectivity index (χ1v) is 9.31. The second-order valence-electron chi connectivity index (χ2n) is 7.16. The van der Waals surface area contributed by atoms with Crippen LogP contribution < -0.4 is 10.6 Å². The van der Waals surface area contributed by atoms with E-state index >= 15 is 0 Å². The van der Waals surface area contributed by atoms with E-state index in [1.807, 2.05) is 25.1 Å². The third kappa shape index (κ3) is 4.22. The minimum Gasteiger partial charge on any atom is -0.378 e. The van der Waals surface area contributed by atoms with Gasteiger partial charge in [-0.25, -0.2) is 9.97 Å². The zero-order valence-electron chi connectivity index (χ0n) is 16.0. The molecule has 2 aromatic rings. The van der Waals surface area contributed by atoms with Crippen molar-refractivity contribution in [1.82, 2.24) is 20.2 Å². The Balaban J connectivity index is 1.79. The number of anilines is 1. The van der Waals surface area contributed by atoms with Gasteiger partial charge in [-0.2, -0.15) is 0 Å². The summed E-state index contributed by atoms with van der Waals surface area (Å²) in [5.41, 5.74) is 4.49. The first-order chi connectivity index (χ1) is 12.6. The van der Waals surface area contributed by atoms with Crippen molar-refractivity contribution in [2.75, 3.05) is 32.5 Å². The number of hydrogen-bond acceptors (Lipinski definition) is 5. The molecule has 1 aliphatic rings. The van der Waals surface area contributed by atoms with Gasteiger partial charge in [-0.05, 0) is 45.3 Å². The zero-order valence-corrected chi connectivity index (χ0v) is 16.0. The Kier molecular flexibility index (Phi) is 5.89. The molecule has 1 aromatic carbocycles. The SMILES string of the molecule is C=C(c1cccc2c(N[C@@H](C)CC=C3CCNCC3)ncnc12)N(C)C. The van der Waals surface area contributed by atoms with E-state index in [9.17, 15) is 0 Å². The maximum Gasteiger partial charge on any atom is 0.137 e. The van der Waals surface area contributed by atoms with Crippen LogP contribution in [0.3, 0.4) is 0 Å². The molecule has 5 heteroatoms. The lowest BCUT2D eigenvalue weighted by atomic mass is 10.0. The highest BCUT2D eigenvalue weighted by molar-refractivity contribution is 5.96. The molecule has 1 atom stereocenters. The molecular weight excluding hydrogens is 322 g/mol. The highest BCUT2D eigenvalue weighted by Crippen LogP contribution is 2.27. The third-order valence-electron chi connectivity index (χ3n) is 4.90. The summed E-state index contributed by atoms with van der Waals surface area (Å²) < 4.78 is 0. The van der Waals surface area contributed by atoms with Crippen molar-refractivity contribution >= 4 is 22.4 Å². The lowest BCUT2D eigenvalue weighted by molar-refractivity contribution is 0.594. The van der Waals surface area contributed by atoms with E-state index in [1.165, 1.54) is 12.8 Å². The van der Waals surface area contributed by atoms with E-state index in [-0.39, 0.29) is 0 Å². The van der Waals surface area contributed by atoms with Crippen LogP contribution in [0.1, 0.15) is 31.7 Å². The first-order valence-electron chi connectivity index (χ1n) is 9.31. The largest absolute Gasteiger partial charge is 0.378 e. The molecule has 0 unspecified atom stereocenters. The lowest BCUT2D eigenvalue weighted by Gasteiger charge is -2.19. The number of fused-ring (bicyclic) bond motifs is 1. The average Bonchev–Trinajstić information content (AvgIpc) is 2.66. The van der Waals surface area contributed by atoms with Crippen molar-refractivity contribution in [3.05, 3.63) is 48.3 Å². The molecule has 1 aromatic heterocycles. The molecule has 2 N–H and O–H groups in total. The zero-order chi connectivity index (χ0) is 18.5. The molecule has 0 aliphatic carbocycles. The number of aromatic nitrogens is 2. The molecule has 1 saturated heterocycles. The minimum absolute atomic E-state index is 0.316. The van der Waals surface area contributed by atoms with Crippen LogP contribution in [0.25, 0.3) is 16.6 Å². The van der Waals surface area contributed by atoms with Gasteiger partial charge in [0.05, 0.1) is 5.52 Å². The van der Waals surface area contributed by atoms with Crippen molar-refractivity contribution in [1.29, 1.82) is 0 Å². The fourth-order valence-electron chi connectivity index (χ4n) is 3.26. The molecule has 2 heterocycles. The Morgan fingerprint density at radius 3 is 2.81 bits per heavy atom. The fourth-order valence-corrected chi connectivity index (χ4v) is 3.26. The highest BCUT2D eigenvalue weighted by atomic mass is 15.1. The van der Waals surface area contributed by atoms with Crippen molar-refractivity contribution in [3.63, 3.8) is 0 Å². The molecule has 0 spiro atoms. The van der Waals surface area contributed by atoms with Gasteiger partial charge in [-0.1, -0.05) is 30.4 Å². The minimum atomic E-state index is 0.316. The number of benzene rings is 1. The summed E-state index contributed by atoms with van der Waals surface area (Å²) >= 11 is 0. The van der Waals surface area contributed by atoms with Crippen LogP contribution in [0.5, 0.6) is 0 Å². The van der Waals surface area contributed by atoms with Crippen molar-refractivity contribution in [2.45, 2.75) is 32.2 Å². The molecule has 26 heavy (non-hydrogen) atoms. The molecule has 0 bridgehead atoms. The Hall–Kier alpha value is -2.40. The third-order valence-corrected chi connectivity index (χ3v) is 4.90. The summed E-state index contributed by atoms with van der Waals surface area (Å²) in [5.74, 6) is 0.889. The van der Waals surface area contributed by atoms with Crippen LogP contribution >= 0.6 is 0 Å². The van der Waals surface area contributed by atoms with Gasteiger partial charge in [0.2, 0.25) is 0 Å². The maximum absolute atomic E-state index is 4.51. The highest BCUT2D eigenvalue weighted by Gasteiger charge is 2.12. The summed E-state index contributed by atoms with van der Waals surface area (Å²) in [4.78, 5) is 11.0. The fraction of sp³-hybridized carbons (Fsp3) is 0.429. The van der Waals surface area contributed by atoms with Crippen LogP contribution in [-0.4, -0.2) is 48.1 Å². The van der Waals surface area contributed by atoms with Gasteiger partial charge in [-0.3, -0.25) is 0 Å². The molecule has 0 radical (unpaired) electrons. The Bertz CT molecular complexity index is 801. The van der Waals surface area contributed by atoms with Crippen LogP contribution in [0.15, 0.2) is 42.8 Å². The van der Waals surface area contributed by atoms with E-state index in [0.29, 0.717) is 6.04 Å².